The molecule has 0 unspecified atom stereocenters. The third kappa shape index (κ3) is 3.37. The molecular weight excluding hydrogens is 260 g/mol. The van der Waals surface area contributed by atoms with Gasteiger partial charge in [0.05, 0.1) is 12.1 Å². The van der Waals surface area contributed by atoms with Crippen LogP contribution in [0.1, 0.15) is 15.9 Å². The van der Waals surface area contributed by atoms with E-state index in [1.807, 2.05) is 0 Å². The summed E-state index contributed by atoms with van der Waals surface area (Å²) >= 11 is 5.94. The normalized spacial score (nSPS) is 9.37. The van der Waals surface area contributed by atoms with Crippen LogP contribution < -0.4 is 4.74 Å². The van der Waals surface area contributed by atoms with Gasteiger partial charge in [0.25, 0.3) is 0 Å². The summed E-state index contributed by atoms with van der Waals surface area (Å²) < 4.78 is 5.05. The monoisotopic (exact) mass is 270 g/mol. The van der Waals surface area contributed by atoms with E-state index in [1.54, 1.807) is 55.6 Å². The lowest BCUT2D eigenvalue weighted by Gasteiger charge is -1.98. The molecule has 94 valence electrons. The molecule has 19 heavy (non-hydrogen) atoms. The minimum absolute atomic E-state index is 0.290. The highest BCUT2D eigenvalue weighted by atomic mass is 35.5. The lowest BCUT2D eigenvalue weighted by Crippen LogP contribution is -1.95. The number of Topliss-reactive ketones (excluding diaryl/α,β-unsaturated/α-hetero) is 1. The van der Waals surface area contributed by atoms with Gasteiger partial charge in [0.15, 0.2) is 0 Å². The van der Waals surface area contributed by atoms with Gasteiger partial charge in [-0.05, 0) is 42.3 Å². The molecule has 0 N–H and O–H groups in total. The number of carbonyl (C=O) groups excluding carboxylic acids is 1. The summed E-state index contributed by atoms with van der Waals surface area (Å²) in [5.41, 5.74) is 1.17. The summed E-state index contributed by atoms with van der Waals surface area (Å²) in [4.78, 5) is 11.9. The second kappa shape index (κ2) is 6.08. The van der Waals surface area contributed by atoms with E-state index in [1.165, 1.54) is 0 Å². The van der Waals surface area contributed by atoms with Gasteiger partial charge in [0, 0.05) is 11.1 Å². The molecule has 2 aromatic carbocycles. The molecule has 0 heterocycles. The fraction of sp³-hybridized carbons (Fsp3) is 0.0625. The fourth-order valence-corrected chi connectivity index (χ4v) is 1.74. The number of benzene rings is 2. The summed E-state index contributed by atoms with van der Waals surface area (Å²) in [7, 11) is 1.60. The molecule has 0 saturated heterocycles. The van der Waals surface area contributed by atoms with E-state index in [9.17, 15) is 4.79 Å². The van der Waals surface area contributed by atoms with Gasteiger partial charge in [-0.1, -0.05) is 29.7 Å². The third-order valence-corrected chi connectivity index (χ3v) is 2.86. The van der Waals surface area contributed by atoms with Crippen molar-refractivity contribution < 1.29 is 9.53 Å². The maximum Gasteiger partial charge on any atom is 0.237 e. The average molecular weight is 271 g/mol. The molecule has 0 aliphatic carbocycles. The lowest BCUT2D eigenvalue weighted by atomic mass is 10.1. The zero-order valence-electron chi connectivity index (χ0n) is 10.3. The fourth-order valence-electron chi connectivity index (χ4n) is 1.52. The maximum absolute atomic E-state index is 11.9. The van der Waals surface area contributed by atoms with Crippen LogP contribution in [0, 0.1) is 11.8 Å². The van der Waals surface area contributed by atoms with Gasteiger partial charge in [-0.15, -0.1) is 0 Å². The molecule has 0 atom stereocenters. The lowest BCUT2D eigenvalue weighted by molar-refractivity contribution is 0.105. The van der Waals surface area contributed by atoms with Gasteiger partial charge >= 0.3 is 0 Å². The van der Waals surface area contributed by atoms with E-state index < -0.39 is 0 Å². The van der Waals surface area contributed by atoms with Crippen LogP contribution >= 0.6 is 11.6 Å². The number of ketones is 1. The molecule has 0 aliphatic rings. The van der Waals surface area contributed by atoms with E-state index in [-0.39, 0.29) is 5.78 Å². The van der Waals surface area contributed by atoms with Crippen molar-refractivity contribution in [2.24, 2.45) is 0 Å². The number of rotatable bonds is 2. The Morgan fingerprint density at radius 2 is 1.79 bits per heavy atom. The van der Waals surface area contributed by atoms with Crippen LogP contribution in [0.25, 0.3) is 0 Å². The SMILES string of the molecule is COc1ccc(C#CC(=O)c2ccccc2Cl)cc1. The topological polar surface area (TPSA) is 26.3 Å². The quantitative estimate of drug-likeness (QED) is 0.616. The molecule has 0 amide bonds. The van der Waals surface area contributed by atoms with Crippen molar-refractivity contribution in [3.05, 3.63) is 64.7 Å². The molecule has 0 saturated carbocycles. The molecule has 0 spiro atoms. The van der Waals surface area contributed by atoms with Crippen molar-refractivity contribution in [1.29, 1.82) is 0 Å². The molecule has 3 heteroatoms. The van der Waals surface area contributed by atoms with Gasteiger partial charge in [-0.25, -0.2) is 0 Å². The number of hydrogen-bond donors (Lipinski definition) is 0. The molecule has 2 nitrogen and oxygen atoms in total. The predicted molar refractivity (Wildman–Crippen MR) is 75.7 cm³/mol. The van der Waals surface area contributed by atoms with E-state index in [0.29, 0.717) is 10.6 Å². The first-order chi connectivity index (χ1) is 9.20. The highest BCUT2D eigenvalue weighted by Crippen LogP contribution is 2.15. The number of halogens is 1. The van der Waals surface area contributed by atoms with E-state index in [4.69, 9.17) is 16.3 Å². The summed E-state index contributed by atoms with van der Waals surface area (Å²) in [6.45, 7) is 0. The molecule has 0 fully saturated rings. The van der Waals surface area contributed by atoms with Crippen LogP contribution in [0.3, 0.4) is 0 Å². The molecule has 0 aromatic heterocycles. The first-order valence-corrected chi connectivity index (χ1v) is 6.03. The number of carbonyl (C=O) groups is 1. The van der Waals surface area contributed by atoms with Crippen LogP contribution in [-0.4, -0.2) is 12.9 Å². The van der Waals surface area contributed by atoms with Gasteiger partial charge in [-0.3, -0.25) is 4.79 Å². The summed E-state index contributed by atoms with van der Waals surface area (Å²) in [6.07, 6.45) is 0. The Balaban J connectivity index is 2.19. The zero-order valence-corrected chi connectivity index (χ0v) is 11.1. The second-order valence-electron chi connectivity index (χ2n) is 3.79. The highest BCUT2D eigenvalue weighted by molar-refractivity contribution is 6.35. The minimum atomic E-state index is -0.290. The number of ether oxygens (including phenoxy) is 1. The Bertz CT molecular complexity index is 648. The second-order valence-corrected chi connectivity index (χ2v) is 4.19. The van der Waals surface area contributed by atoms with Gasteiger partial charge < -0.3 is 4.74 Å². The summed E-state index contributed by atoms with van der Waals surface area (Å²) in [5, 5.41) is 0.413. The smallest absolute Gasteiger partial charge is 0.237 e. The molecular formula is C16H11ClO2. The van der Waals surface area contributed by atoms with Crippen LogP contribution in [0.15, 0.2) is 48.5 Å². The zero-order chi connectivity index (χ0) is 13.7. The average Bonchev–Trinajstić information content (AvgIpc) is 2.46. The predicted octanol–water partition coefficient (Wildman–Crippen LogP) is 3.58. The van der Waals surface area contributed by atoms with Crippen molar-refractivity contribution in [3.63, 3.8) is 0 Å². The van der Waals surface area contributed by atoms with Crippen LogP contribution in [-0.2, 0) is 0 Å². The van der Waals surface area contributed by atoms with Crippen molar-refractivity contribution in [3.8, 4) is 17.6 Å². The van der Waals surface area contributed by atoms with Crippen LogP contribution in [0.4, 0.5) is 0 Å². The summed E-state index contributed by atoms with van der Waals surface area (Å²) in [6, 6.07) is 14.0. The number of hydrogen-bond acceptors (Lipinski definition) is 2. The Morgan fingerprint density at radius 3 is 2.42 bits per heavy atom. The number of methoxy groups -OCH3 is 1. The van der Waals surface area contributed by atoms with Gasteiger partial charge in [-0.2, -0.15) is 0 Å². The highest BCUT2D eigenvalue weighted by Gasteiger charge is 2.05. The van der Waals surface area contributed by atoms with E-state index in [0.717, 1.165) is 11.3 Å². The minimum Gasteiger partial charge on any atom is -0.497 e. The molecule has 2 rings (SSSR count). The van der Waals surface area contributed by atoms with Crippen molar-refractivity contribution >= 4 is 17.4 Å². The summed E-state index contributed by atoms with van der Waals surface area (Å²) in [5.74, 6) is 5.85. The molecule has 0 radical (unpaired) electrons. The molecule has 0 aliphatic heterocycles. The Labute approximate surface area is 117 Å². The molecule has 0 bridgehead atoms. The third-order valence-electron chi connectivity index (χ3n) is 2.53. The Morgan fingerprint density at radius 1 is 1.11 bits per heavy atom. The van der Waals surface area contributed by atoms with Crippen LogP contribution in [0.5, 0.6) is 5.75 Å². The van der Waals surface area contributed by atoms with Crippen molar-refractivity contribution in [2.45, 2.75) is 0 Å². The van der Waals surface area contributed by atoms with E-state index in [2.05, 4.69) is 11.8 Å². The van der Waals surface area contributed by atoms with E-state index >= 15 is 0 Å². The maximum atomic E-state index is 11.9. The van der Waals surface area contributed by atoms with Gasteiger partial charge in [0.2, 0.25) is 5.78 Å². The Hall–Kier alpha value is -2.24. The standard InChI is InChI=1S/C16H11ClO2/c1-19-13-9-6-12(7-10-13)8-11-16(18)14-4-2-3-5-15(14)17/h2-7,9-10H,1H3. The van der Waals surface area contributed by atoms with Crippen molar-refractivity contribution in [1.82, 2.24) is 0 Å². The van der Waals surface area contributed by atoms with Crippen molar-refractivity contribution in [2.75, 3.05) is 7.11 Å². The first-order valence-electron chi connectivity index (χ1n) is 5.65. The first kappa shape index (κ1) is 13.2. The molecule has 2 aromatic rings. The largest absolute Gasteiger partial charge is 0.497 e. The van der Waals surface area contributed by atoms with Crippen LogP contribution in [0.2, 0.25) is 5.02 Å². The van der Waals surface area contributed by atoms with Gasteiger partial charge in [0.1, 0.15) is 5.75 Å². The Kier molecular flexibility index (Phi) is 4.22.